The van der Waals surface area contributed by atoms with Crippen molar-refractivity contribution in [3.63, 3.8) is 0 Å². The summed E-state index contributed by atoms with van der Waals surface area (Å²) in [5.41, 5.74) is 0.738. The lowest BCUT2D eigenvalue weighted by Crippen LogP contribution is -2.20. The Morgan fingerprint density at radius 1 is 1.29 bits per heavy atom. The molecular weight excluding hydrogens is 313 g/mol. The Hall–Kier alpha value is -1.52. The number of carbonyl (C=O) groups excluding carboxylic acids is 2. The summed E-state index contributed by atoms with van der Waals surface area (Å²) in [6, 6.07) is 3.08. The molecule has 0 saturated carbocycles. The lowest BCUT2D eigenvalue weighted by molar-refractivity contribution is -0.138. The molecule has 1 rings (SSSR count). The van der Waals surface area contributed by atoms with Crippen molar-refractivity contribution in [2.75, 3.05) is 20.7 Å². The lowest BCUT2D eigenvalue weighted by atomic mass is 10.0. The van der Waals surface area contributed by atoms with Crippen LogP contribution in [-0.4, -0.2) is 37.4 Å². The number of benzene rings is 1. The summed E-state index contributed by atoms with van der Waals surface area (Å²) in [6.45, 7) is 3.57. The zero-order valence-electron chi connectivity index (χ0n) is 12.4. The highest BCUT2D eigenvalue weighted by Crippen LogP contribution is 2.29. The fourth-order valence-electron chi connectivity index (χ4n) is 1.65. The zero-order valence-corrected chi connectivity index (χ0v) is 13.9. The number of hydrogen-bond acceptors (Lipinski definition) is 4. The average molecular weight is 330 g/mol. The molecule has 0 aliphatic heterocycles. The zero-order chi connectivity index (χ0) is 16.2. The predicted molar refractivity (Wildman–Crippen MR) is 83.9 cm³/mol. The van der Waals surface area contributed by atoms with Gasteiger partial charge >= 0.3 is 5.97 Å². The van der Waals surface area contributed by atoms with Crippen LogP contribution in [0.3, 0.4) is 0 Å². The standard InChI is InChI=1S/C15H17Cl2NO3/c1-5-21-15(20)11(8-18(3)4)14(19)10-6-7-12(16)9(2)13(10)17/h6-8H,5H2,1-4H3/b11-8-. The van der Waals surface area contributed by atoms with Gasteiger partial charge < -0.3 is 9.64 Å². The van der Waals surface area contributed by atoms with E-state index < -0.39 is 11.8 Å². The van der Waals surface area contributed by atoms with Crippen molar-refractivity contribution in [2.24, 2.45) is 0 Å². The highest BCUT2D eigenvalue weighted by Gasteiger charge is 2.24. The van der Waals surface area contributed by atoms with E-state index >= 15 is 0 Å². The van der Waals surface area contributed by atoms with Crippen molar-refractivity contribution in [3.05, 3.63) is 45.1 Å². The Balaban J connectivity index is 3.30. The van der Waals surface area contributed by atoms with E-state index in [1.54, 1.807) is 38.9 Å². The van der Waals surface area contributed by atoms with Crippen molar-refractivity contribution in [1.29, 1.82) is 0 Å². The fraction of sp³-hybridized carbons (Fsp3) is 0.333. The van der Waals surface area contributed by atoms with Crippen LogP contribution in [0.2, 0.25) is 10.0 Å². The van der Waals surface area contributed by atoms with E-state index in [1.807, 2.05) is 0 Å². The molecule has 114 valence electrons. The maximum Gasteiger partial charge on any atom is 0.343 e. The first-order valence-electron chi connectivity index (χ1n) is 6.34. The summed E-state index contributed by atoms with van der Waals surface area (Å²) in [7, 11) is 3.42. The Bertz CT molecular complexity index is 595. The molecule has 21 heavy (non-hydrogen) atoms. The van der Waals surface area contributed by atoms with Gasteiger partial charge in [0.15, 0.2) is 0 Å². The van der Waals surface area contributed by atoms with E-state index in [0.717, 1.165) is 0 Å². The Labute approximate surface area is 134 Å². The fourth-order valence-corrected chi connectivity index (χ4v) is 2.11. The third kappa shape index (κ3) is 4.22. The van der Waals surface area contributed by atoms with Crippen LogP contribution < -0.4 is 0 Å². The number of nitrogens with zero attached hydrogens (tertiary/aromatic N) is 1. The van der Waals surface area contributed by atoms with Gasteiger partial charge in [-0.15, -0.1) is 0 Å². The van der Waals surface area contributed by atoms with Gasteiger partial charge in [-0.05, 0) is 31.5 Å². The van der Waals surface area contributed by atoms with Crippen LogP contribution in [0, 0.1) is 6.92 Å². The van der Waals surface area contributed by atoms with E-state index in [1.165, 1.54) is 12.3 Å². The van der Waals surface area contributed by atoms with Gasteiger partial charge in [-0.3, -0.25) is 4.79 Å². The summed E-state index contributed by atoms with van der Waals surface area (Å²) in [4.78, 5) is 26.1. The molecule has 0 amide bonds. The number of Topliss-reactive ketones (excluding diaryl/α,β-unsaturated/α-hetero) is 1. The SMILES string of the molecule is CCOC(=O)/C(=C\N(C)C)C(=O)c1ccc(Cl)c(C)c1Cl. The predicted octanol–water partition coefficient (Wildman–Crippen LogP) is 3.49. The summed E-state index contributed by atoms with van der Waals surface area (Å²) in [6.07, 6.45) is 1.42. The van der Waals surface area contributed by atoms with E-state index in [-0.39, 0.29) is 22.8 Å². The molecule has 0 N–H and O–H groups in total. The number of hydrogen-bond donors (Lipinski definition) is 0. The van der Waals surface area contributed by atoms with Crippen LogP contribution >= 0.6 is 23.2 Å². The third-order valence-corrected chi connectivity index (χ3v) is 3.59. The van der Waals surface area contributed by atoms with Gasteiger partial charge in [-0.25, -0.2) is 4.79 Å². The topological polar surface area (TPSA) is 46.6 Å². The van der Waals surface area contributed by atoms with Gasteiger partial charge in [0.1, 0.15) is 5.57 Å². The molecule has 0 bridgehead atoms. The van der Waals surface area contributed by atoms with Crippen LogP contribution in [0.25, 0.3) is 0 Å². The first-order valence-corrected chi connectivity index (χ1v) is 7.09. The highest BCUT2D eigenvalue weighted by molar-refractivity contribution is 6.40. The molecular formula is C15H17Cl2NO3. The molecule has 1 aromatic rings. The second-order valence-electron chi connectivity index (χ2n) is 4.59. The lowest BCUT2D eigenvalue weighted by Gasteiger charge is -2.12. The third-order valence-electron chi connectivity index (χ3n) is 2.69. The van der Waals surface area contributed by atoms with Crippen LogP contribution in [0.5, 0.6) is 0 Å². The van der Waals surface area contributed by atoms with Crippen molar-refractivity contribution < 1.29 is 14.3 Å². The van der Waals surface area contributed by atoms with Gasteiger partial charge in [0.05, 0.1) is 11.6 Å². The quantitative estimate of drug-likeness (QED) is 0.273. The Morgan fingerprint density at radius 3 is 2.43 bits per heavy atom. The van der Waals surface area contributed by atoms with Gasteiger partial charge in [0, 0.05) is 30.9 Å². The number of carbonyl (C=O) groups is 2. The Morgan fingerprint density at radius 2 is 1.90 bits per heavy atom. The van der Waals surface area contributed by atoms with E-state index in [2.05, 4.69) is 0 Å². The van der Waals surface area contributed by atoms with Crippen LogP contribution in [-0.2, 0) is 9.53 Å². The van der Waals surface area contributed by atoms with Crippen LogP contribution in [0.4, 0.5) is 0 Å². The largest absolute Gasteiger partial charge is 0.462 e. The van der Waals surface area contributed by atoms with Gasteiger partial charge in [-0.2, -0.15) is 0 Å². The maximum absolute atomic E-state index is 12.6. The molecule has 0 fully saturated rings. The minimum Gasteiger partial charge on any atom is -0.462 e. The summed E-state index contributed by atoms with van der Waals surface area (Å²) in [5.74, 6) is -1.17. The first-order chi connectivity index (χ1) is 9.79. The summed E-state index contributed by atoms with van der Waals surface area (Å²) >= 11 is 12.1. The second-order valence-corrected chi connectivity index (χ2v) is 5.38. The summed E-state index contributed by atoms with van der Waals surface area (Å²) in [5, 5.41) is 0.701. The minimum atomic E-state index is -0.681. The van der Waals surface area contributed by atoms with Crippen molar-refractivity contribution in [3.8, 4) is 0 Å². The van der Waals surface area contributed by atoms with Crippen LogP contribution in [0.15, 0.2) is 23.9 Å². The highest BCUT2D eigenvalue weighted by atomic mass is 35.5. The Kier molecular flexibility index (Phi) is 6.24. The molecule has 0 spiro atoms. The molecule has 4 nitrogen and oxygen atoms in total. The molecule has 0 radical (unpaired) electrons. The number of halogens is 2. The molecule has 0 heterocycles. The molecule has 0 saturated heterocycles. The molecule has 0 aliphatic rings. The summed E-state index contributed by atoms with van der Waals surface area (Å²) < 4.78 is 4.92. The van der Waals surface area contributed by atoms with Gasteiger partial charge in [0.25, 0.3) is 0 Å². The van der Waals surface area contributed by atoms with Crippen LogP contribution in [0.1, 0.15) is 22.8 Å². The normalized spacial score (nSPS) is 11.2. The number of esters is 1. The van der Waals surface area contributed by atoms with E-state index in [4.69, 9.17) is 27.9 Å². The minimum absolute atomic E-state index is 0.0783. The monoisotopic (exact) mass is 329 g/mol. The van der Waals surface area contributed by atoms with Gasteiger partial charge in [0.2, 0.25) is 5.78 Å². The molecule has 0 aliphatic carbocycles. The van der Waals surface area contributed by atoms with E-state index in [9.17, 15) is 9.59 Å². The average Bonchev–Trinajstić information content (AvgIpc) is 2.41. The molecule has 0 unspecified atom stereocenters. The molecule has 6 heteroatoms. The van der Waals surface area contributed by atoms with Crippen molar-refractivity contribution >= 4 is 35.0 Å². The second kappa shape index (κ2) is 7.48. The maximum atomic E-state index is 12.6. The smallest absolute Gasteiger partial charge is 0.343 e. The van der Waals surface area contributed by atoms with Gasteiger partial charge in [-0.1, -0.05) is 23.2 Å². The van der Waals surface area contributed by atoms with E-state index in [0.29, 0.717) is 10.6 Å². The molecule has 0 aromatic heterocycles. The first kappa shape index (κ1) is 17.5. The van der Waals surface area contributed by atoms with Crippen molar-refractivity contribution in [1.82, 2.24) is 4.90 Å². The van der Waals surface area contributed by atoms with Crippen molar-refractivity contribution in [2.45, 2.75) is 13.8 Å². The number of ketones is 1. The molecule has 1 aromatic carbocycles. The number of rotatable bonds is 5. The molecule has 0 atom stereocenters. The number of ether oxygens (including phenoxy) is 1.